The maximum atomic E-state index is 12.5. The summed E-state index contributed by atoms with van der Waals surface area (Å²) in [5.41, 5.74) is 1.15. The summed E-state index contributed by atoms with van der Waals surface area (Å²) >= 11 is 0. The zero-order valence-electron chi connectivity index (χ0n) is 15.4. The van der Waals surface area contributed by atoms with Gasteiger partial charge in [0.1, 0.15) is 0 Å². The van der Waals surface area contributed by atoms with Crippen LogP contribution >= 0.6 is 0 Å². The van der Waals surface area contributed by atoms with E-state index in [1.54, 1.807) is 6.20 Å². The number of hydrogen-bond donors (Lipinski definition) is 1. The van der Waals surface area contributed by atoms with Gasteiger partial charge in [-0.1, -0.05) is 42.5 Å². The maximum Gasteiger partial charge on any atom is 0.317 e. The minimum absolute atomic E-state index is 0.0252. The summed E-state index contributed by atoms with van der Waals surface area (Å²) in [7, 11) is 0. The summed E-state index contributed by atoms with van der Waals surface area (Å²) in [4.78, 5) is 20.9. The number of rotatable bonds is 5. The molecule has 1 saturated heterocycles. The highest BCUT2D eigenvalue weighted by molar-refractivity contribution is 5.86. The Balaban J connectivity index is 1.26. The summed E-state index contributed by atoms with van der Waals surface area (Å²) in [6.07, 6.45) is 5.63. The third kappa shape index (κ3) is 4.28. The van der Waals surface area contributed by atoms with Crippen LogP contribution in [0.5, 0.6) is 0 Å². The average molecular weight is 363 g/mol. The van der Waals surface area contributed by atoms with Crippen molar-refractivity contribution >= 4 is 16.8 Å². The molecule has 27 heavy (non-hydrogen) atoms. The minimum Gasteiger partial charge on any atom is -0.336 e. The monoisotopic (exact) mass is 363 g/mol. The predicted octanol–water partition coefficient (Wildman–Crippen LogP) is 2.56. The lowest BCUT2D eigenvalue weighted by Crippen LogP contribution is -2.52. The van der Waals surface area contributed by atoms with E-state index in [2.05, 4.69) is 44.0 Å². The number of nitrogens with one attached hydrogen (secondary N) is 1. The van der Waals surface area contributed by atoms with Crippen LogP contribution in [-0.2, 0) is 13.1 Å². The van der Waals surface area contributed by atoms with Gasteiger partial charge in [0.05, 0.1) is 6.33 Å². The molecule has 1 fully saturated rings. The second kappa shape index (κ2) is 8.22. The van der Waals surface area contributed by atoms with Crippen molar-refractivity contribution in [1.82, 2.24) is 24.7 Å². The molecule has 1 N–H and O–H groups in total. The van der Waals surface area contributed by atoms with E-state index >= 15 is 0 Å². The largest absolute Gasteiger partial charge is 0.336 e. The van der Waals surface area contributed by atoms with E-state index in [9.17, 15) is 4.79 Å². The fraction of sp³-hybridized carbons (Fsp3) is 0.333. The highest BCUT2D eigenvalue weighted by atomic mass is 16.2. The van der Waals surface area contributed by atoms with E-state index in [1.807, 2.05) is 35.6 Å². The molecule has 0 aliphatic carbocycles. The van der Waals surface area contributed by atoms with E-state index < -0.39 is 0 Å². The summed E-state index contributed by atoms with van der Waals surface area (Å²) in [6.45, 7) is 5.85. The van der Waals surface area contributed by atoms with Gasteiger partial charge in [0, 0.05) is 58.2 Å². The lowest BCUT2D eigenvalue weighted by molar-refractivity contribution is 0.136. The summed E-state index contributed by atoms with van der Waals surface area (Å²) in [5.74, 6) is 0. The van der Waals surface area contributed by atoms with E-state index in [4.69, 9.17) is 0 Å². The first kappa shape index (κ1) is 17.5. The topological polar surface area (TPSA) is 53.4 Å². The summed E-state index contributed by atoms with van der Waals surface area (Å²) < 4.78 is 2.09. The number of piperazine rings is 1. The number of benzene rings is 2. The van der Waals surface area contributed by atoms with Gasteiger partial charge in [0.15, 0.2) is 0 Å². The van der Waals surface area contributed by atoms with Crippen LogP contribution in [0.2, 0.25) is 0 Å². The number of fused-ring (bicyclic) bond motifs is 1. The third-order valence-electron chi connectivity index (χ3n) is 5.20. The molecule has 0 radical (unpaired) electrons. The molecule has 3 aromatic rings. The lowest BCUT2D eigenvalue weighted by atomic mass is 10.0. The van der Waals surface area contributed by atoms with Crippen molar-refractivity contribution in [2.45, 2.75) is 13.1 Å². The lowest BCUT2D eigenvalue weighted by Gasteiger charge is -2.34. The molecule has 140 valence electrons. The highest BCUT2D eigenvalue weighted by Crippen LogP contribution is 2.18. The molecule has 2 heterocycles. The number of carbonyl (C=O) groups excluding carboxylic acids is 1. The Morgan fingerprint density at radius 2 is 1.81 bits per heavy atom. The van der Waals surface area contributed by atoms with Gasteiger partial charge in [0.25, 0.3) is 0 Å². The Hall–Kier alpha value is -2.86. The smallest absolute Gasteiger partial charge is 0.317 e. The average Bonchev–Trinajstić information content (AvgIpc) is 3.24. The van der Waals surface area contributed by atoms with E-state index in [0.29, 0.717) is 6.54 Å². The van der Waals surface area contributed by atoms with Crippen molar-refractivity contribution in [2.75, 3.05) is 32.7 Å². The molecule has 0 spiro atoms. The highest BCUT2D eigenvalue weighted by Gasteiger charge is 2.20. The maximum absolute atomic E-state index is 12.5. The molecule has 1 aliphatic heterocycles. The Morgan fingerprint density at radius 3 is 2.63 bits per heavy atom. The molecule has 0 saturated carbocycles. The SMILES string of the molecule is O=C(NCc1cccc2ccccc12)N1CCN(CCn2ccnc2)CC1. The number of aromatic nitrogens is 2. The molecule has 2 amide bonds. The van der Waals surface area contributed by atoms with E-state index in [0.717, 1.165) is 44.8 Å². The number of imidazole rings is 1. The van der Waals surface area contributed by atoms with Crippen molar-refractivity contribution in [3.8, 4) is 0 Å². The summed E-state index contributed by atoms with van der Waals surface area (Å²) in [6, 6.07) is 14.5. The molecular weight excluding hydrogens is 338 g/mol. The number of nitrogens with zero attached hydrogens (tertiary/aromatic N) is 4. The Kier molecular flexibility index (Phi) is 5.34. The normalized spacial score (nSPS) is 15.2. The van der Waals surface area contributed by atoms with Crippen molar-refractivity contribution < 1.29 is 4.79 Å². The molecule has 6 heteroatoms. The fourth-order valence-corrected chi connectivity index (χ4v) is 3.58. The van der Waals surface area contributed by atoms with Gasteiger partial charge < -0.3 is 14.8 Å². The predicted molar refractivity (Wildman–Crippen MR) is 106 cm³/mol. The van der Waals surface area contributed by atoms with Crippen molar-refractivity contribution in [3.63, 3.8) is 0 Å². The van der Waals surface area contributed by atoms with Crippen LogP contribution in [0.25, 0.3) is 10.8 Å². The Morgan fingerprint density at radius 1 is 1.00 bits per heavy atom. The molecule has 0 bridgehead atoms. The van der Waals surface area contributed by atoms with Crippen LogP contribution < -0.4 is 5.32 Å². The molecule has 2 aromatic carbocycles. The first-order chi connectivity index (χ1) is 13.3. The minimum atomic E-state index is 0.0252. The van der Waals surface area contributed by atoms with Gasteiger partial charge in [-0.05, 0) is 16.3 Å². The van der Waals surface area contributed by atoms with Gasteiger partial charge in [0.2, 0.25) is 0 Å². The van der Waals surface area contributed by atoms with Crippen molar-refractivity contribution in [2.24, 2.45) is 0 Å². The van der Waals surface area contributed by atoms with Crippen LogP contribution in [0.3, 0.4) is 0 Å². The van der Waals surface area contributed by atoms with Crippen LogP contribution in [0.15, 0.2) is 61.2 Å². The Labute approximate surface area is 159 Å². The first-order valence-electron chi connectivity index (χ1n) is 9.47. The van der Waals surface area contributed by atoms with Gasteiger partial charge in [-0.25, -0.2) is 9.78 Å². The molecule has 1 aliphatic rings. The van der Waals surface area contributed by atoms with Crippen molar-refractivity contribution in [1.29, 1.82) is 0 Å². The van der Waals surface area contributed by atoms with Gasteiger partial charge >= 0.3 is 6.03 Å². The zero-order chi connectivity index (χ0) is 18.5. The van der Waals surface area contributed by atoms with Gasteiger partial charge in [-0.15, -0.1) is 0 Å². The fourth-order valence-electron chi connectivity index (χ4n) is 3.58. The first-order valence-corrected chi connectivity index (χ1v) is 9.47. The molecule has 0 atom stereocenters. The molecule has 4 rings (SSSR count). The molecule has 1 aromatic heterocycles. The van der Waals surface area contributed by atoms with Gasteiger partial charge in [-0.3, -0.25) is 4.90 Å². The molecule has 6 nitrogen and oxygen atoms in total. The van der Waals surface area contributed by atoms with E-state index in [1.165, 1.54) is 10.8 Å². The number of amides is 2. The number of hydrogen-bond acceptors (Lipinski definition) is 3. The molecular formula is C21H25N5O. The number of urea groups is 1. The van der Waals surface area contributed by atoms with Crippen molar-refractivity contribution in [3.05, 3.63) is 66.7 Å². The van der Waals surface area contributed by atoms with Crippen LogP contribution in [-0.4, -0.2) is 58.1 Å². The second-order valence-corrected chi connectivity index (χ2v) is 6.93. The van der Waals surface area contributed by atoms with Gasteiger partial charge in [-0.2, -0.15) is 0 Å². The quantitative estimate of drug-likeness (QED) is 0.758. The Bertz CT molecular complexity index is 879. The molecule has 0 unspecified atom stereocenters. The standard InChI is InChI=1S/C21H25N5O/c27-21(23-16-19-6-3-5-18-4-1-2-7-20(18)19)26-14-12-24(13-15-26)10-11-25-9-8-22-17-25/h1-9,17H,10-16H2,(H,23,27). The van der Waals surface area contributed by atoms with E-state index in [-0.39, 0.29) is 6.03 Å². The summed E-state index contributed by atoms with van der Waals surface area (Å²) in [5, 5.41) is 5.49. The third-order valence-corrected chi connectivity index (χ3v) is 5.20. The zero-order valence-corrected chi connectivity index (χ0v) is 15.4. The van der Waals surface area contributed by atoms with Crippen LogP contribution in [0, 0.1) is 0 Å². The number of carbonyl (C=O) groups is 1. The second-order valence-electron chi connectivity index (χ2n) is 6.93. The van der Waals surface area contributed by atoms with Crippen LogP contribution in [0.4, 0.5) is 4.79 Å². The van der Waals surface area contributed by atoms with Crippen LogP contribution in [0.1, 0.15) is 5.56 Å².